The Balaban J connectivity index is 1.70. The maximum Gasteiger partial charge on any atom is 0.229 e. The lowest BCUT2D eigenvalue weighted by molar-refractivity contribution is 0.436. The molecule has 0 atom stereocenters. The van der Waals surface area contributed by atoms with Gasteiger partial charge in [0.2, 0.25) is 5.95 Å². The molecule has 4 nitrogen and oxygen atoms in total. The van der Waals surface area contributed by atoms with E-state index in [0.29, 0.717) is 5.95 Å². The highest BCUT2D eigenvalue weighted by Crippen LogP contribution is 2.25. The van der Waals surface area contributed by atoms with Crippen LogP contribution in [0.5, 0.6) is 0 Å². The maximum atomic E-state index is 4.69. The molecule has 2 aromatic rings. The second kappa shape index (κ2) is 6.80. The Morgan fingerprint density at radius 1 is 1.04 bits per heavy atom. The molecule has 0 bridgehead atoms. The molecule has 1 N–H and O–H groups in total. The first kappa shape index (κ1) is 16.7. The number of anilines is 3. The smallest absolute Gasteiger partial charge is 0.229 e. The minimum absolute atomic E-state index is 0.167. The molecule has 0 aliphatic carbocycles. The van der Waals surface area contributed by atoms with Gasteiger partial charge in [-0.2, -0.15) is 4.98 Å². The minimum Gasteiger partial charge on any atom is -0.356 e. The Labute approximate surface area is 145 Å². The Morgan fingerprint density at radius 2 is 1.71 bits per heavy atom. The largest absolute Gasteiger partial charge is 0.356 e. The van der Waals surface area contributed by atoms with E-state index < -0.39 is 0 Å². The predicted molar refractivity (Wildman–Crippen MR) is 101 cm³/mol. The number of piperidine rings is 1. The molecule has 0 unspecified atom stereocenters. The van der Waals surface area contributed by atoms with Gasteiger partial charge in [0, 0.05) is 25.0 Å². The van der Waals surface area contributed by atoms with Crippen LogP contribution in [-0.4, -0.2) is 23.1 Å². The van der Waals surface area contributed by atoms with Gasteiger partial charge < -0.3 is 10.2 Å². The van der Waals surface area contributed by atoms with Crippen LogP contribution in [0, 0.1) is 5.92 Å². The first-order chi connectivity index (χ1) is 11.4. The van der Waals surface area contributed by atoms with E-state index in [2.05, 4.69) is 67.2 Å². The van der Waals surface area contributed by atoms with Gasteiger partial charge in [-0.05, 0) is 47.9 Å². The van der Waals surface area contributed by atoms with Crippen molar-refractivity contribution in [2.45, 2.75) is 46.0 Å². The fourth-order valence-electron chi connectivity index (χ4n) is 3.01. The topological polar surface area (TPSA) is 41.1 Å². The third-order valence-electron chi connectivity index (χ3n) is 4.76. The van der Waals surface area contributed by atoms with Gasteiger partial charge in [0.25, 0.3) is 0 Å². The molecule has 1 aromatic heterocycles. The highest BCUT2D eigenvalue weighted by molar-refractivity contribution is 5.56. The second-order valence-corrected chi connectivity index (χ2v) is 7.86. The quantitative estimate of drug-likeness (QED) is 0.884. The summed E-state index contributed by atoms with van der Waals surface area (Å²) in [5.41, 5.74) is 2.51. The molecule has 1 aliphatic rings. The summed E-state index contributed by atoms with van der Waals surface area (Å²) in [6, 6.07) is 10.5. The van der Waals surface area contributed by atoms with Crippen molar-refractivity contribution in [1.82, 2.24) is 9.97 Å². The summed E-state index contributed by atoms with van der Waals surface area (Å²) in [6.45, 7) is 11.2. The van der Waals surface area contributed by atoms with E-state index in [1.165, 1.54) is 18.4 Å². The molecule has 4 heteroatoms. The molecule has 0 radical (unpaired) electrons. The van der Waals surface area contributed by atoms with Crippen LogP contribution in [0.2, 0.25) is 0 Å². The summed E-state index contributed by atoms with van der Waals surface area (Å²) in [5.74, 6) is 2.50. The van der Waals surface area contributed by atoms with Crippen LogP contribution in [0.15, 0.2) is 36.5 Å². The third-order valence-corrected chi connectivity index (χ3v) is 4.76. The zero-order valence-electron chi connectivity index (χ0n) is 15.2. The Kier molecular flexibility index (Phi) is 4.74. The van der Waals surface area contributed by atoms with E-state index >= 15 is 0 Å². The number of nitrogens with zero attached hydrogens (tertiary/aromatic N) is 3. The molecule has 1 fully saturated rings. The second-order valence-electron chi connectivity index (χ2n) is 7.86. The summed E-state index contributed by atoms with van der Waals surface area (Å²) < 4.78 is 0. The van der Waals surface area contributed by atoms with E-state index in [-0.39, 0.29) is 5.41 Å². The lowest BCUT2D eigenvalue weighted by atomic mass is 9.87. The van der Waals surface area contributed by atoms with E-state index in [4.69, 9.17) is 4.98 Å². The van der Waals surface area contributed by atoms with Crippen LogP contribution in [0.4, 0.5) is 17.5 Å². The van der Waals surface area contributed by atoms with Gasteiger partial charge in [0.05, 0.1) is 0 Å². The SMILES string of the molecule is CC1CCN(c2ccnc(Nc3ccc(C(C)(C)C)cc3)n2)CC1. The van der Waals surface area contributed by atoms with Crippen LogP contribution in [-0.2, 0) is 5.41 Å². The molecule has 1 saturated heterocycles. The van der Waals surface area contributed by atoms with Gasteiger partial charge in [0.1, 0.15) is 5.82 Å². The average Bonchev–Trinajstić information content (AvgIpc) is 2.55. The Morgan fingerprint density at radius 3 is 2.33 bits per heavy atom. The van der Waals surface area contributed by atoms with Crippen molar-refractivity contribution in [3.63, 3.8) is 0 Å². The van der Waals surface area contributed by atoms with E-state index in [1.807, 2.05) is 12.3 Å². The van der Waals surface area contributed by atoms with Crippen molar-refractivity contribution < 1.29 is 0 Å². The zero-order chi connectivity index (χ0) is 17.2. The van der Waals surface area contributed by atoms with Crippen LogP contribution in [0.25, 0.3) is 0 Å². The molecule has 1 aliphatic heterocycles. The number of rotatable bonds is 3. The normalized spacial score (nSPS) is 16.2. The number of hydrogen-bond acceptors (Lipinski definition) is 4. The summed E-state index contributed by atoms with van der Waals surface area (Å²) in [5, 5.41) is 3.32. The van der Waals surface area contributed by atoms with Crippen molar-refractivity contribution in [1.29, 1.82) is 0 Å². The zero-order valence-corrected chi connectivity index (χ0v) is 15.2. The Hall–Kier alpha value is -2.10. The van der Waals surface area contributed by atoms with Crippen molar-refractivity contribution in [2.24, 2.45) is 5.92 Å². The van der Waals surface area contributed by atoms with Crippen molar-refractivity contribution in [3.05, 3.63) is 42.1 Å². The van der Waals surface area contributed by atoms with Crippen molar-refractivity contribution in [2.75, 3.05) is 23.3 Å². The van der Waals surface area contributed by atoms with Crippen LogP contribution in [0.3, 0.4) is 0 Å². The van der Waals surface area contributed by atoms with Gasteiger partial charge in [0.15, 0.2) is 0 Å². The van der Waals surface area contributed by atoms with Gasteiger partial charge >= 0.3 is 0 Å². The number of hydrogen-bond donors (Lipinski definition) is 1. The first-order valence-corrected chi connectivity index (χ1v) is 8.87. The average molecular weight is 324 g/mol. The number of nitrogens with one attached hydrogen (secondary N) is 1. The molecule has 0 saturated carbocycles. The van der Waals surface area contributed by atoms with Crippen LogP contribution < -0.4 is 10.2 Å². The van der Waals surface area contributed by atoms with Gasteiger partial charge in [-0.15, -0.1) is 0 Å². The molecule has 0 amide bonds. The standard InChI is InChI=1S/C20H28N4/c1-15-10-13-24(14-11-15)18-9-12-21-19(23-18)22-17-7-5-16(6-8-17)20(2,3)4/h5-9,12,15H,10-11,13-14H2,1-4H3,(H,21,22,23). The summed E-state index contributed by atoms with van der Waals surface area (Å²) in [6.07, 6.45) is 4.31. The summed E-state index contributed by atoms with van der Waals surface area (Å²) in [7, 11) is 0. The predicted octanol–water partition coefficient (Wildman–Crippen LogP) is 4.75. The van der Waals surface area contributed by atoms with Gasteiger partial charge in [-0.25, -0.2) is 4.98 Å². The van der Waals surface area contributed by atoms with Crippen molar-refractivity contribution in [3.8, 4) is 0 Å². The Bertz CT molecular complexity index is 665. The molecule has 128 valence electrons. The number of aromatic nitrogens is 2. The fraction of sp³-hybridized carbons (Fsp3) is 0.500. The third kappa shape index (κ3) is 4.05. The molecular formula is C20H28N4. The summed E-state index contributed by atoms with van der Waals surface area (Å²) >= 11 is 0. The molecule has 24 heavy (non-hydrogen) atoms. The van der Waals surface area contributed by atoms with E-state index in [0.717, 1.165) is 30.5 Å². The lowest BCUT2D eigenvalue weighted by Crippen LogP contribution is -2.33. The highest BCUT2D eigenvalue weighted by Gasteiger charge is 2.17. The molecule has 3 rings (SSSR count). The first-order valence-electron chi connectivity index (χ1n) is 8.87. The van der Waals surface area contributed by atoms with E-state index in [9.17, 15) is 0 Å². The van der Waals surface area contributed by atoms with Crippen LogP contribution in [0.1, 0.15) is 46.1 Å². The lowest BCUT2D eigenvalue weighted by Gasteiger charge is -2.31. The number of benzene rings is 1. The van der Waals surface area contributed by atoms with E-state index in [1.54, 1.807) is 0 Å². The maximum absolute atomic E-state index is 4.69. The minimum atomic E-state index is 0.167. The monoisotopic (exact) mass is 324 g/mol. The molecule has 0 spiro atoms. The highest BCUT2D eigenvalue weighted by atomic mass is 15.2. The molecule has 1 aromatic carbocycles. The van der Waals surface area contributed by atoms with Gasteiger partial charge in [-0.1, -0.05) is 39.8 Å². The fourth-order valence-corrected chi connectivity index (χ4v) is 3.01. The summed E-state index contributed by atoms with van der Waals surface area (Å²) in [4.78, 5) is 11.4. The molecular weight excluding hydrogens is 296 g/mol. The van der Waals surface area contributed by atoms with Crippen molar-refractivity contribution >= 4 is 17.5 Å². The van der Waals surface area contributed by atoms with Gasteiger partial charge in [-0.3, -0.25) is 0 Å². The molecule has 2 heterocycles. The van der Waals surface area contributed by atoms with Crippen LogP contribution >= 0.6 is 0 Å².